The second kappa shape index (κ2) is 9.72. The molecule has 3 unspecified atom stereocenters. The van der Waals surface area contributed by atoms with Gasteiger partial charge in [-0.05, 0) is 12.8 Å². The minimum atomic E-state index is -1.13. The SMILES string of the molecule is CCC(C)C(NC(=O)CNC(=O)C(C)NC(=O)CN)C(=O)O. The van der Waals surface area contributed by atoms with E-state index in [1.165, 1.54) is 6.92 Å². The molecule has 3 atom stereocenters. The van der Waals surface area contributed by atoms with Gasteiger partial charge in [0.15, 0.2) is 0 Å². The highest BCUT2D eigenvalue weighted by molar-refractivity contribution is 5.91. The summed E-state index contributed by atoms with van der Waals surface area (Å²) in [7, 11) is 0. The summed E-state index contributed by atoms with van der Waals surface area (Å²) >= 11 is 0. The Morgan fingerprint density at radius 1 is 1.09 bits per heavy atom. The Bertz CT molecular complexity index is 427. The first kappa shape index (κ1) is 19.8. The molecule has 0 aromatic heterocycles. The lowest BCUT2D eigenvalue weighted by Gasteiger charge is -2.20. The molecule has 3 amide bonds. The maximum absolute atomic E-state index is 11.7. The molecule has 0 aliphatic heterocycles. The second-order valence-electron chi connectivity index (χ2n) is 4.98. The number of rotatable bonds is 9. The molecule has 22 heavy (non-hydrogen) atoms. The molecule has 0 spiro atoms. The molecule has 9 nitrogen and oxygen atoms in total. The van der Waals surface area contributed by atoms with Gasteiger partial charge in [-0.2, -0.15) is 0 Å². The van der Waals surface area contributed by atoms with E-state index >= 15 is 0 Å². The van der Waals surface area contributed by atoms with Crippen molar-refractivity contribution < 1.29 is 24.3 Å². The molecule has 6 N–H and O–H groups in total. The van der Waals surface area contributed by atoms with Gasteiger partial charge in [-0.1, -0.05) is 20.3 Å². The summed E-state index contributed by atoms with van der Waals surface area (Å²) in [6.07, 6.45) is 0.589. The molecular formula is C13H24N4O5. The van der Waals surface area contributed by atoms with Gasteiger partial charge in [0.2, 0.25) is 17.7 Å². The molecule has 9 heteroatoms. The molecule has 0 aliphatic rings. The average molecular weight is 316 g/mol. The zero-order chi connectivity index (χ0) is 17.3. The van der Waals surface area contributed by atoms with Gasteiger partial charge in [0, 0.05) is 0 Å². The summed E-state index contributed by atoms with van der Waals surface area (Å²) in [5.74, 6) is -3.03. The highest BCUT2D eigenvalue weighted by Gasteiger charge is 2.25. The number of amides is 3. The number of nitrogens with one attached hydrogen (secondary N) is 3. The third-order valence-corrected chi connectivity index (χ3v) is 3.17. The van der Waals surface area contributed by atoms with Gasteiger partial charge in [-0.15, -0.1) is 0 Å². The fourth-order valence-corrected chi connectivity index (χ4v) is 1.59. The predicted octanol–water partition coefficient (Wildman–Crippen LogP) is -1.82. The van der Waals surface area contributed by atoms with Gasteiger partial charge in [0.25, 0.3) is 0 Å². The van der Waals surface area contributed by atoms with E-state index in [9.17, 15) is 19.2 Å². The van der Waals surface area contributed by atoms with Crippen LogP contribution >= 0.6 is 0 Å². The van der Waals surface area contributed by atoms with Crippen molar-refractivity contribution in [2.24, 2.45) is 11.7 Å². The van der Waals surface area contributed by atoms with Crippen molar-refractivity contribution in [3.05, 3.63) is 0 Å². The molecular weight excluding hydrogens is 292 g/mol. The first-order chi connectivity index (χ1) is 10.2. The predicted molar refractivity (Wildman–Crippen MR) is 78.7 cm³/mol. The standard InChI is InChI=1S/C13H24N4O5/c1-4-7(2)11(13(21)22)17-10(19)6-15-12(20)8(3)16-9(18)5-14/h7-8,11H,4-6,14H2,1-3H3,(H,15,20)(H,16,18)(H,17,19)(H,21,22). The van der Waals surface area contributed by atoms with Gasteiger partial charge < -0.3 is 26.8 Å². The van der Waals surface area contributed by atoms with E-state index in [1.54, 1.807) is 6.92 Å². The monoisotopic (exact) mass is 316 g/mol. The van der Waals surface area contributed by atoms with Crippen LogP contribution in [0.15, 0.2) is 0 Å². The summed E-state index contributed by atoms with van der Waals surface area (Å²) in [4.78, 5) is 45.4. The molecule has 0 saturated carbocycles. The van der Waals surface area contributed by atoms with Crippen molar-refractivity contribution in [2.45, 2.75) is 39.3 Å². The summed E-state index contributed by atoms with van der Waals surface area (Å²) in [6, 6.07) is -1.85. The molecule has 0 bridgehead atoms. The van der Waals surface area contributed by atoms with Crippen molar-refractivity contribution in [2.75, 3.05) is 13.1 Å². The van der Waals surface area contributed by atoms with E-state index in [4.69, 9.17) is 10.8 Å². The zero-order valence-electron chi connectivity index (χ0n) is 13.0. The molecule has 0 radical (unpaired) electrons. The first-order valence-electron chi connectivity index (χ1n) is 7.02. The van der Waals surface area contributed by atoms with Gasteiger partial charge in [0.05, 0.1) is 13.1 Å². The highest BCUT2D eigenvalue weighted by atomic mass is 16.4. The van der Waals surface area contributed by atoms with E-state index in [1.807, 2.05) is 6.92 Å². The lowest BCUT2D eigenvalue weighted by atomic mass is 9.99. The normalized spacial score (nSPS) is 14.4. The first-order valence-corrected chi connectivity index (χ1v) is 7.02. The number of hydrogen-bond acceptors (Lipinski definition) is 5. The van der Waals surface area contributed by atoms with Crippen LogP contribution in [-0.2, 0) is 19.2 Å². The van der Waals surface area contributed by atoms with Crippen LogP contribution in [0.4, 0.5) is 0 Å². The molecule has 126 valence electrons. The van der Waals surface area contributed by atoms with E-state index in [-0.39, 0.29) is 19.0 Å². The number of carboxylic acids is 1. The minimum Gasteiger partial charge on any atom is -0.480 e. The van der Waals surface area contributed by atoms with Crippen molar-refractivity contribution in [1.82, 2.24) is 16.0 Å². The summed E-state index contributed by atoms with van der Waals surface area (Å²) in [5.41, 5.74) is 5.10. The van der Waals surface area contributed by atoms with E-state index in [0.717, 1.165) is 0 Å². The molecule has 0 saturated heterocycles. The Morgan fingerprint density at radius 2 is 1.68 bits per heavy atom. The van der Waals surface area contributed by atoms with Gasteiger partial charge in [-0.3, -0.25) is 14.4 Å². The van der Waals surface area contributed by atoms with Crippen LogP contribution in [-0.4, -0.2) is 54.0 Å². The van der Waals surface area contributed by atoms with Crippen LogP contribution in [0.25, 0.3) is 0 Å². The Balaban J connectivity index is 4.34. The number of carbonyl (C=O) groups excluding carboxylic acids is 3. The fraction of sp³-hybridized carbons (Fsp3) is 0.692. The molecule has 0 aromatic rings. The van der Waals surface area contributed by atoms with Crippen LogP contribution in [0.1, 0.15) is 27.2 Å². The molecule has 0 rings (SSSR count). The van der Waals surface area contributed by atoms with Gasteiger partial charge in [-0.25, -0.2) is 4.79 Å². The lowest BCUT2D eigenvalue weighted by Crippen LogP contribution is -2.51. The zero-order valence-corrected chi connectivity index (χ0v) is 13.0. The lowest BCUT2D eigenvalue weighted by molar-refractivity contribution is -0.143. The minimum absolute atomic E-state index is 0.236. The Kier molecular flexibility index (Phi) is 8.76. The molecule has 0 heterocycles. The van der Waals surface area contributed by atoms with Gasteiger partial charge >= 0.3 is 5.97 Å². The van der Waals surface area contributed by atoms with Crippen LogP contribution in [0, 0.1) is 5.92 Å². The number of nitrogens with two attached hydrogens (primary N) is 1. The largest absolute Gasteiger partial charge is 0.480 e. The van der Waals surface area contributed by atoms with Crippen LogP contribution in [0.3, 0.4) is 0 Å². The van der Waals surface area contributed by atoms with Crippen molar-refractivity contribution in [3.8, 4) is 0 Å². The van der Waals surface area contributed by atoms with E-state index in [0.29, 0.717) is 6.42 Å². The topological polar surface area (TPSA) is 151 Å². The van der Waals surface area contributed by atoms with Crippen LogP contribution in [0.5, 0.6) is 0 Å². The summed E-state index contributed by atoms with van der Waals surface area (Å²) < 4.78 is 0. The van der Waals surface area contributed by atoms with E-state index in [2.05, 4.69) is 16.0 Å². The smallest absolute Gasteiger partial charge is 0.326 e. The third kappa shape index (κ3) is 7.02. The maximum atomic E-state index is 11.7. The Labute approximate surface area is 129 Å². The highest BCUT2D eigenvalue weighted by Crippen LogP contribution is 2.07. The Hall–Kier alpha value is -2.16. The summed E-state index contributed by atoms with van der Waals surface area (Å²) in [5, 5.41) is 16.1. The van der Waals surface area contributed by atoms with Crippen LogP contribution in [0.2, 0.25) is 0 Å². The quantitative estimate of drug-likeness (QED) is 0.338. The van der Waals surface area contributed by atoms with Crippen molar-refractivity contribution in [1.29, 1.82) is 0 Å². The fourth-order valence-electron chi connectivity index (χ4n) is 1.59. The molecule has 0 fully saturated rings. The maximum Gasteiger partial charge on any atom is 0.326 e. The molecule has 0 aliphatic carbocycles. The molecule has 0 aromatic carbocycles. The third-order valence-electron chi connectivity index (χ3n) is 3.17. The van der Waals surface area contributed by atoms with E-state index < -0.39 is 35.8 Å². The average Bonchev–Trinajstić information content (AvgIpc) is 2.48. The summed E-state index contributed by atoms with van der Waals surface area (Å²) in [6.45, 7) is 4.35. The van der Waals surface area contributed by atoms with Crippen molar-refractivity contribution in [3.63, 3.8) is 0 Å². The number of carboxylic acid groups (broad SMARTS) is 1. The number of hydrogen-bond donors (Lipinski definition) is 5. The van der Waals surface area contributed by atoms with Crippen LogP contribution < -0.4 is 21.7 Å². The second-order valence-corrected chi connectivity index (χ2v) is 4.98. The Morgan fingerprint density at radius 3 is 2.14 bits per heavy atom. The van der Waals surface area contributed by atoms with Crippen molar-refractivity contribution >= 4 is 23.7 Å². The number of aliphatic carboxylic acids is 1. The van der Waals surface area contributed by atoms with Gasteiger partial charge in [0.1, 0.15) is 12.1 Å². The number of carbonyl (C=O) groups is 4.